The van der Waals surface area contributed by atoms with Gasteiger partial charge in [-0.1, -0.05) is 154 Å². The van der Waals surface area contributed by atoms with Crippen molar-refractivity contribution in [3.05, 3.63) is 191 Å². The average Bonchev–Trinajstić information content (AvgIpc) is 2.07. The van der Waals surface area contributed by atoms with Crippen molar-refractivity contribution in [3.63, 3.8) is 0 Å². The maximum Gasteiger partial charge on any atom is 0.408 e. The minimum atomic E-state index is -2.84. The molecule has 19 nitrogen and oxygen atoms in total. The lowest BCUT2D eigenvalue weighted by Crippen LogP contribution is -2.59. The molecule has 20 heteroatoms. The molecule has 6 aromatic carbocycles. The van der Waals surface area contributed by atoms with Crippen molar-refractivity contribution < 1.29 is 62.4 Å². The maximum absolute atomic E-state index is 15.6. The Bertz CT molecular complexity index is 3250. The highest BCUT2D eigenvalue weighted by Gasteiger charge is 2.42. The van der Waals surface area contributed by atoms with Crippen molar-refractivity contribution in [2.24, 2.45) is 0 Å². The molecule has 7 N–H and O–H groups in total. The number of amides is 6. The van der Waals surface area contributed by atoms with Gasteiger partial charge < -0.3 is 65.1 Å². The summed E-state index contributed by atoms with van der Waals surface area (Å²) in [6.07, 6.45) is -6.02. The number of rotatable bonds is 22. The van der Waals surface area contributed by atoms with Crippen LogP contribution in [0.15, 0.2) is 158 Å². The number of carbonyl (C=O) groups excluding carboxylic acids is 5. The quantitative estimate of drug-likeness (QED) is 0.0313. The van der Waals surface area contributed by atoms with Crippen molar-refractivity contribution >= 4 is 44.3 Å². The van der Waals surface area contributed by atoms with Gasteiger partial charge in [-0.05, 0) is 108 Å². The lowest BCUT2D eigenvalue weighted by atomic mass is 9.95. The molecule has 1 heterocycles. The fraction of sp³-hybridized carbons (Fsp3) is 0.373. The number of benzene rings is 6. The van der Waals surface area contributed by atoms with E-state index in [0.29, 0.717) is 44.9 Å². The molecular weight excluding hydrogens is 1120 g/mol. The zero-order valence-electron chi connectivity index (χ0n) is 50.8. The van der Waals surface area contributed by atoms with Crippen LogP contribution in [-0.2, 0) is 67.5 Å². The zero-order chi connectivity index (χ0) is 62.7. The van der Waals surface area contributed by atoms with Crippen molar-refractivity contribution in [1.82, 2.24) is 31.5 Å². The van der Waals surface area contributed by atoms with Crippen LogP contribution in [0, 0.1) is 0 Å². The monoisotopic (exact) mass is 1210 g/mol. The molecule has 4 bridgehead atoms. The second-order valence-electron chi connectivity index (χ2n) is 24.1. The number of aliphatic hydroxyl groups is 1. The van der Waals surface area contributed by atoms with Crippen LogP contribution in [-0.4, -0.2) is 115 Å². The molecule has 0 spiro atoms. The molecule has 0 saturated carbocycles. The van der Waals surface area contributed by atoms with Crippen molar-refractivity contribution in [3.8, 4) is 22.6 Å². The lowest BCUT2D eigenvalue weighted by Gasteiger charge is -2.41. The van der Waals surface area contributed by atoms with Gasteiger partial charge in [-0.3, -0.25) is 14.4 Å². The summed E-state index contributed by atoms with van der Waals surface area (Å²) in [5.41, 5.74) is 4.65. The van der Waals surface area contributed by atoms with Gasteiger partial charge in [0, 0.05) is 45.4 Å². The number of ether oxygens (including phenoxy) is 4. The Morgan fingerprint density at radius 3 is 1.63 bits per heavy atom. The Hall–Kier alpha value is -8.72. The summed E-state index contributed by atoms with van der Waals surface area (Å²) in [6, 6.07) is 43.6. The molecule has 0 saturated heterocycles. The number of hydrogen-bond donors (Lipinski definition) is 7. The summed E-state index contributed by atoms with van der Waals surface area (Å²) in [4.78, 5) is 87.0. The SMILES string of the molecule is CC(C)(C)OC(=O)NCC(O)CNC(=O)[C@@H]1Cc2cc(ccc2OCc2ccccc2)-c2ccc(OCc3ccccc3)c(c2)C[C@H](NC(=O)OCc2ccccc2)C(=O)N[C@@H](C[C@H](CN(Cc2ccccc2)C(=O)O)O[Si](C)(C)C(C)(C)C)C(=O)N1. The van der Waals surface area contributed by atoms with Gasteiger partial charge in [0.05, 0.1) is 12.2 Å². The van der Waals surface area contributed by atoms with Crippen LogP contribution in [0.2, 0.25) is 18.1 Å². The molecule has 6 amide bonds. The Morgan fingerprint density at radius 2 is 1.13 bits per heavy atom. The number of nitrogens with one attached hydrogen (secondary N) is 5. The smallest absolute Gasteiger partial charge is 0.408 e. The van der Waals surface area contributed by atoms with E-state index in [1.54, 1.807) is 81.4 Å². The van der Waals surface area contributed by atoms with Gasteiger partial charge >= 0.3 is 18.3 Å². The molecular formula is C67H82N6O13Si. The molecule has 1 aliphatic heterocycles. The lowest BCUT2D eigenvalue weighted by molar-refractivity contribution is -0.133. The number of carboxylic acid groups (broad SMARTS) is 1. The fourth-order valence-corrected chi connectivity index (χ4v) is 10.7. The largest absolute Gasteiger partial charge is 0.489 e. The first-order chi connectivity index (χ1) is 41.4. The Balaban J connectivity index is 1.36. The average molecular weight is 1210 g/mol. The molecule has 7 rings (SSSR count). The van der Waals surface area contributed by atoms with Gasteiger partial charge in [0.2, 0.25) is 17.7 Å². The van der Waals surface area contributed by atoms with E-state index in [2.05, 4.69) is 26.6 Å². The number of aliphatic hydroxyl groups excluding tert-OH is 1. The first-order valence-corrected chi connectivity index (χ1v) is 32.1. The fourth-order valence-electron chi connectivity index (χ4n) is 9.34. The van der Waals surface area contributed by atoms with E-state index in [1.165, 1.54) is 4.90 Å². The first-order valence-electron chi connectivity index (χ1n) is 29.2. The van der Waals surface area contributed by atoms with Gasteiger partial charge in [0.1, 0.15) is 55.0 Å². The number of fused-ring (bicyclic) bond motifs is 5. The summed E-state index contributed by atoms with van der Waals surface area (Å²) in [5.74, 6) is -1.64. The molecule has 0 aromatic heterocycles. The van der Waals surface area contributed by atoms with Gasteiger partial charge in [-0.15, -0.1) is 0 Å². The second-order valence-corrected chi connectivity index (χ2v) is 28.9. The molecule has 1 aliphatic rings. The van der Waals surface area contributed by atoms with E-state index in [9.17, 15) is 29.4 Å². The highest BCUT2D eigenvalue weighted by atomic mass is 28.4. The summed E-state index contributed by atoms with van der Waals surface area (Å²) in [5, 5.41) is 35.4. The van der Waals surface area contributed by atoms with Crippen LogP contribution < -0.4 is 36.1 Å². The molecule has 462 valence electrons. The first kappa shape index (κ1) is 65.8. The van der Waals surface area contributed by atoms with Crippen molar-refractivity contribution in [1.29, 1.82) is 0 Å². The highest BCUT2D eigenvalue weighted by Crippen LogP contribution is 2.38. The van der Waals surface area contributed by atoms with Crippen molar-refractivity contribution in [2.75, 3.05) is 19.6 Å². The number of carbonyl (C=O) groups is 6. The standard InChI is InChI=1S/C67H82N6O13Si/c1-66(2,3)85-63(78)69-39-53(74)38-68-60(75)55-35-51-33-49(29-31-58(51)82-42-46-23-15-10-16-24-46)50-30-32-59(83-43-47-25-17-11-18-26-47)52(34-50)36-56(72-64(79)84-44-48-27-19-12-20-28-48)61(76)71-57(62(77)70-55)37-54(86-87(7,8)67(4,5)6)41-73(65(80)81)40-45-21-13-9-14-22-45/h9-34,53-57,74H,35-44H2,1-8H3,(H,68,75)(H,69,78)(H,70,77)(H,71,76)(H,72,79)(H,80,81)/t53?,54-,55+,56+,57+/m1/s1. The summed E-state index contributed by atoms with van der Waals surface area (Å²) >= 11 is 0. The van der Waals surface area contributed by atoms with E-state index < -0.39 is 85.3 Å². The predicted octanol–water partition coefficient (Wildman–Crippen LogP) is 9.84. The molecule has 0 radical (unpaired) electrons. The van der Waals surface area contributed by atoms with E-state index in [1.807, 2.05) is 131 Å². The normalized spacial score (nSPS) is 16.2. The molecule has 1 unspecified atom stereocenters. The number of alkyl carbamates (subject to hydrolysis) is 2. The topological polar surface area (TPSA) is 252 Å². The van der Waals surface area contributed by atoms with Crippen LogP contribution in [0.1, 0.15) is 81.3 Å². The Kier molecular flexibility index (Phi) is 23.1. The molecule has 87 heavy (non-hydrogen) atoms. The summed E-state index contributed by atoms with van der Waals surface area (Å²) in [7, 11) is -2.84. The summed E-state index contributed by atoms with van der Waals surface area (Å²) < 4.78 is 31.1. The third-order valence-corrected chi connectivity index (χ3v) is 19.5. The Morgan fingerprint density at radius 1 is 0.632 bits per heavy atom. The van der Waals surface area contributed by atoms with E-state index in [0.717, 1.165) is 11.1 Å². The van der Waals surface area contributed by atoms with Gasteiger partial charge in [0.15, 0.2) is 8.32 Å². The Labute approximate surface area is 510 Å². The van der Waals surface area contributed by atoms with Gasteiger partial charge in [0.25, 0.3) is 0 Å². The van der Waals surface area contributed by atoms with Crippen molar-refractivity contribution in [2.45, 2.75) is 141 Å². The van der Waals surface area contributed by atoms with Crippen LogP contribution in [0.25, 0.3) is 11.1 Å². The third kappa shape index (κ3) is 20.7. The van der Waals surface area contributed by atoms with E-state index in [-0.39, 0.29) is 65.3 Å². The van der Waals surface area contributed by atoms with Crippen LogP contribution in [0.3, 0.4) is 0 Å². The molecule has 0 fully saturated rings. The second kappa shape index (κ2) is 30.6. The van der Waals surface area contributed by atoms with Gasteiger partial charge in [-0.2, -0.15) is 0 Å². The van der Waals surface area contributed by atoms with Crippen LogP contribution >= 0.6 is 0 Å². The predicted molar refractivity (Wildman–Crippen MR) is 333 cm³/mol. The molecule has 6 aromatic rings. The highest BCUT2D eigenvalue weighted by molar-refractivity contribution is 6.74. The third-order valence-electron chi connectivity index (χ3n) is 14.9. The van der Waals surface area contributed by atoms with Crippen LogP contribution in [0.4, 0.5) is 14.4 Å². The minimum absolute atomic E-state index is 0.0310. The molecule has 0 aliphatic carbocycles. The van der Waals surface area contributed by atoms with E-state index in [4.69, 9.17) is 23.4 Å². The maximum atomic E-state index is 15.6. The van der Waals surface area contributed by atoms with Crippen LogP contribution in [0.5, 0.6) is 11.5 Å². The minimum Gasteiger partial charge on any atom is -0.489 e. The summed E-state index contributed by atoms with van der Waals surface area (Å²) in [6.45, 7) is 14.4. The van der Waals surface area contributed by atoms with E-state index >= 15 is 9.59 Å². The number of nitrogens with zero attached hydrogens (tertiary/aromatic N) is 1. The number of hydrogen-bond acceptors (Lipinski definition) is 12. The molecule has 5 atom stereocenters. The van der Waals surface area contributed by atoms with Gasteiger partial charge in [-0.25, -0.2) is 14.4 Å². The zero-order valence-corrected chi connectivity index (χ0v) is 51.8.